The molecule has 32 heavy (non-hydrogen) atoms. The monoisotopic (exact) mass is 557 g/mol. The van der Waals surface area contributed by atoms with E-state index in [2.05, 4.69) is 38.0 Å². The number of aliphatic imine (C=N–C) groups is 1. The van der Waals surface area contributed by atoms with Crippen molar-refractivity contribution >= 4 is 35.8 Å². The number of morpholine rings is 1. The van der Waals surface area contributed by atoms with E-state index in [9.17, 15) is 4.79 Å². The molecular formula is C22H32IN5O4. The lowest BCUT2D eigenvalue weighted by Crippen LogP contribution is -2.47. The van der Waals surface area contributed by atoms with Crippen molar-refractivity contribution in [3.05, 3.63) is 54.0 Å². The van der Waals surface area contributed by atoms with Crippen LogP contribution in [-0.2, 0) is 4.74 Å². The predicted molar refractivity (Wildman–Crippen MR) is 134 cm³/mol. The Morgan fingerprint density at radius 2 is 1.84 bits per heavy atom. The molecule has 1 unspecified atom stereocenters. The van der Waals surface area contributed by atoms with Gasteiger partial charge in [-0.25, -0.2) is 0 Å². The lowest BCUT2D eigenvalue weighted by molar-refractivity contribution is 0.0170. The molecular weight excluding hydrogens is 525 g/mol. The Morgan fingerprint density at radius 3 is 2.47 bits per heavy atom. The van der Waals surface area contributed by atoms with E-state index in [-0.39, 0.29) is 35.9 Å². The number of hydrogen-bond acceptors (Lipinski definition) is 6. The molecule has 10 heteroatoms. The number of furan rings is 1. The highest BCUT2D eigenvalue weighted by atomic mass is 127. The van der Waals surface area contributed by atoms with E-state index < -0.39 is 0 Å². The molecule has 1 atom stereocenters. The van der Waals surface area contributed by atoms with E-state index in [1.165, 1.54) is 11.8 Å². The first-order valence-electron chi connectivity index (χ1n) is 10.4. The van der Waals surface area contributed by atoms with Crippen LogP contribution in [0, 0.1) is 0 Å². The molecule has 0 saturated carbocycles. The van der Waals surface area contributed by atoms with E-state index in [0.29, 0.717) is 31.4 Å². The third-order valence-corrected chi connectivity index (χ3v) is 5.12. The van der Waals surface area contributed by atoms with Crippen LogP contribution in [-0.4, -0.2) is 76.9 Å². The van der Waals surface area contributed by atoms with Crippen LogP contribution < -0.4 is 20.7 Å². The summed E-state index contributed by atoms with van der Waals surface area (Å²) in [5, 5.41) is 9.44. The first kappa shape index (κ1) is 25.9. The maximum absolute atomic E-state index is 11.9. The van der Waals surface area contributed by atoms with Gasteiger partial charge in [0.15, 0.2) is 11.7 Å². The molecule has 1 aliphatic rings. The van der Waals surface area contributed by atoms with E-state index in [1.807, 2.05) is 12.1 Å². The van der Waals surface area contributed by atoms with Crippen molar-refractivity contribution in [2.75, 3.05) is 60.1 Å². The minimum atomic E-state index is -0.235. The normalized spacial score (nSPS) is 15.4. The number of amides is 1. The molecule has 9 nitrogen and oxygen atoms in total. The number of carbonyl (C=O) groups is 1. The van der Waals surface area contributed by atoms with Crippen molar-refractivity contribution in [2.24, 2.45) is 4.99 Å². The highest BCUT2D eigenvalue weighted by molar-refractivity contribution is 14.0. The van der Waals surface area contributed by atoms with Crippen LogP contribution in [0.3, 0.4) is 0 Å². The fraction of sp³-hybridized carbons (Fsp3) is 0.455. The van der Waals surface area contributed by atoms with E-state index in [1.54, 1.807) is 26.3 Å². The van der Waals surface area contributed by atoms with Gasteiger partial charge in [-0.15, -0.1) is 24.0 Å². The predicted octanol–water partition coefficient (Wildman–Crippen LogP) is 1.87. The Bertz CT molecular complexity index is 823. The first-order chi connectivity index (χ1) is 15.2. The molecule has 1 aromatic heterocycles. The van der Waals surface area contributed by atoms with Crippen LogP contribution in [0.25, 0.3) is 0 Å². The average molecular weight is 557 g/mol. The van der Waals surface area contributed by atoms with E-state index >= 15 is 0 Å². The molecule has 1 amide bonds. The number of nitrogens with one attached hydrogen (secondary N) is 3. The minimum absolute atomic E-state index is 0. The van der Waals surface area contributed by atoms with Crippen LogP contribution in [0.15, 0.2) is 52.1 Å². The largest absolute Gasteiger partial charge is 0.497 e. The SMILES string of the molecule is CN=C(NCCNC(=O)c1ccco1)NCC(c1ccc(OC)cc1)N1CCOCC1.I. The number of nitrogens with zero attached hydrogens (tertiary/aromatic N) is 2. The third kappa shape index (κ3) is 7.68. The van der Waals surface area contributed by atoms with Gasteiger partial charge in [-0.1, -0.05) is 12.1 Å². The second kappa shape index (κ2) is 14.0. The van der Waals surface area contributed by atoms with Crippen molar-refractivity contribution in [1.29, 1.82) is 0 Å². The first-order valence-corrected chi connectivity index (χ1v) is 10.4. The van der Waals surface area contributed by atoms with Crippen molar-refractivity contribution in [2.45, 2.75) is 6.04 Å². The number of rotatable bonds is 9. The Kier molecular flexibility index (Phi) is 11.3. The van der Waals surface area contributed by atoms with Crippen LogP contribution in [0.4, 0.5) is 0 Å². The van der Waals surface area contributed by atoms with Crippen molar-refractivity contribution < 1.29 is 18.7 Å². The molecule has 2 aromatic rings. The lowest BCUT2D eigenvalue weighted by Gasteiger charge is -2.35. The van der Waals surface area contributed by atoms with Gasteiger partial charge in [0.1, 0.15) is 5.75 Å². The number of halogens is 1. The summed E-state index contributed by atoms with van der Waals surface area (Å²) >= 11 is 0. The summed E-state index contributed by atoms with van der Waals surface area (Å²) in [5.74, 6) is 1.59. The number of methoxy groups -OCH3 is 1. The lowest BCUT2D eigenvalue weighted by atomic mass is 10.0. The van der Waals surface area contributed by atoms with Crippen molar-refractivity contribution in [3.63, 3.8) is 0 Å². The smallest absolute Gasteiger partial charge is 0.287 e. The summed E-state index contributed by atoms with van der Waals surface area (Å²) in [6, 6.07) is 11.7. The molecule has 3 rings (SSSR count). The molecule has 1 aromatic carbocycles. The second-order valence-corrected chi connectivity index (χ2v) is 7.05. The van der Waals surface area contributed by atoms with Gasteiger partial charge in [0, 0.05) is 39.8 Å². The van der Waals surface area contributed by atoms with Crippen LogP contribution in [0.1, 0.15) is 22.2 Å². The van der Waals surface area contributed by atoms with E-state index in [4.69, 9.17) is 13.9 Å². The van der Waals surface area contributed by atoms with Crippen LogP contribution in [0.2, 0.25) is 0 Å². The molecule has 176 valence electrons. The van der Waals surface area contributed by atoms with Gasteiger partial charge < -0.3 is 29.8 Å². The Balaban J connectivity index is 0.00000363. The quantitative estimate of drug-likeness (QED) is 0.187. The summed E-state index contributed by atoms with van der Waals surface area (Å²) in [5.41, 5.74) is 1.20. The number of carbonyl (C=O) groups excluding carboxylic acids is 1. The molecule has 1 aliphatic heterocycles. The zero-order valence-corrected chi connectivity index (χ0v) is 20.8. The molecule has 0 spiro atoms. The fourth-order valence-corrected chi connectivity index (χ4v) is 3.44. The topological polar surface area (TPSA) is 100 Å². The minimum Gasteiger partial charge on any atom is -0.497 e. The van der Waals surface area contributed by atoms with Crippen LogP contribution >= 0.6 is 24.0 Å². The van der Waals surface area contributed by atoms with Gasteiger partial charge in [-0.05, 0) is 29.8 Å². The highest BCUT2D eigenvalue weighted by Crippen LogP contribution is 2.23. The average Bonchev–Trinajstić information content (AvgIpc) is 3.36. The number of ether oxygens (including phenoxy) is 2. The third-order valence-electron chi connectivity index (χ3n) is 5.12. The summed E-state index contributed by atoms with van der Waals surface area (Å²) in [4.78, 5) is 18.6. The number of hydrogen-bond donors (Lipinski definition) is 3. The van der Waals surface area contributed by atoms with Gasteiger partial charge in [-0.2, -0.15) is 0 Å². The van der Waals surface area contributed by atoms with Gasteiger partial charge in [0.05, 0.1) is 32.6 Å². The van der Waals surface area contributed by atoms with Gasteiger partial charge >= 0.3 is 0 Å². The Morgan fingerprint density at radius 1 is 1.12 bits per heavy atom. The zero-order chi connectivity index (χ0) is 21.9. The van der Waals surface area contributed by atoms with Crippen LogP contribution in [0.5, 0.6) is 5.75 Å². The standard InChI is InChI=1S/C22H31N5O4.HI/c1-23-22(25-10-9-24-21(28)20-4-3-13-31-20)26-16-19(27-11-14-30-15-12-27)17-5-7-18(29-2)8-6-17;/h3-8,13,19H,9-12,14-16H2,1-2H3,(H,24,28)(H2,23,25,26);1H. The highest BCUT2D eigenvalue weighted by Gasteiger charge is 2.23. The van der Waals surface area contributed by atoms with Gasteiger partial charge in [0.25, 0.3) is 5.91 Å². The van der Waals surface area contributed by atoms with Crippen molar-refractivity contribution in [1.82, 2.24) is 20.9 Å². The molecule has 2 heterocycles. The number of guanidine groups is 1. The summed E-state index contributed by atoms with van der Waals surface area (Å²) in [6.07, 6.45) is 1.48. The summed E-state index contributed by atoms with van der Waals surface area (Å²) in [7, 11) is 3.40. The Labute approximate surface area is 205 Å². The maximum atomic E-state index is 11.9. The van der Waals surface area contributed by atoms with E-state index in [0.717, 1.165) is 32.1 Å². The molecule has 0 aliphatic carbocycles. The molecule has 1 fully saturated rings. The molecule has 0 radical (unpaired) electrons. The zero-order valence-electron chi connectivity index (χ0n) is 18.5. The van der Waals surface area contributed by atoms with Gasteiger partial charge in [0.2, 0.25) is 0 Å². The molecule has 0 bridgehead atoms. The maximum Gasteiger partial charge on any atom is 0.287 e. The Hall–Kier alpha value is -2.31. The molecule has 3 N–H and O–H groups in total. The molecule has 1 saturated heterocycles. The summed E-state index contributed by atoms with van der Waals surface area (Å²) < 4.78 is 15.9. The number of benzene rings is 1. The summed E-state index contributed by atoms with van der Waals surface area (Å²) in [6.45, 7) is 4.89. The fourth-order valence-electron chi connectivity index (χ4n) is 3.44. The van der Waals surface area contributed by atoms with Crippen molar-refractivity contribution in [3.8, 4) is 5.75 Å². The second-order valence-electron chi connectivity index (χ2n) is 7.05. The van der Waals surface area contributed by atoms with Gasteiger partial charge in [-0.3, -0.25) is 14.7 Å².